The van der Waals surface area contributed by atoms with E-state index in [1.165, 1.54) is 25.8 Å². The second-order valence-corrected chi connectivity index (χ2v) is 7.88. The maximum atomic E-state index is 4.99. The fourth-order valence-electron chi connectivity index (χ4n) is 4.19. The molecule has 2 atom stereocenters. The Labute approximate surface area is 163 Å². The summed E-state index contributed by atoms with van der Waals surface area (Å²) in [6.07, 6.45) is 5.66. The van der Waals surface area contributed by atoms with Crippen LogP contribution in [-0.4, -0.2) is 83.7 Å². The number of aliphatic imine (C=N–C) groups is 1. The van der Waals surface area contributed by atoms with E-state index in [1.807, 2.05) is 6.07 Å². The van der Waals surface area contributed by atoms with Crippen molar-refractivity contribution < 1.29 is 4.52 Å². The largest absolute Gasteiger partial charge is 0.364 e. The zero-order valence-electron chi connectivity index (χ0n) is 17.2. The highest BCUT2D eigenvalue weighted by molar-refractivity contribution is 5.80. The third-order valence-electron chi connectivity index (χ3n) is 5.81. The zero-order chi connectivity index (χ0) is 19.1. The van der Waals surface area contributed by atoms with Crippen LogP contribution in [0.15, 0.2) is 21.8 Å². The van der Waals surface area contributed by atoms with Gasteiger partial charge in [-0.05, 0) is 40.2 Å². The lowest BCUT2D eigenvalue weighted by Gasteiger charge is -2.38. The van der Waals surface area contributed by atoms with Crippen LogP contribution in [0.4, 0.5) is 0 Å². The van der Waals surface area contributed by atoms with Crippen molar-refractivity contribution in [2.75, 3.05) is 45.8 Å². The van der Waals surface area contributed by atoms with E-state index < -0.39 is 0 Å². The Morgan fingerprint density at radius 3 is 2.78 bits per heavy atom. The van der Waals surface area contributed by atoms with Gasteiger partial charge in [0.05, 0.1) is 12.2 Å². The van der Waals surface area contributed by atoms with E-state index >= 15 is 0 Å². The van der Waals surface area contributed by atoms with Gasteiger partial charge in [-0.1, -0.05) is 11.6 Å². The molecule has 2 aliphatic rings. The molecule has 0 saturated carbocycles. The minimum absolute atomic E-state index is 0.502. The molecule has 3 heterocycles. The number of guanidine groups is 1. The van der Waals surface area contributed by atoms with Gasteiger partial charge >= 0.3 is 0 Å². The van der Waals surface area contributed by atoms with E-state index in [4.69, 9.17) is 9.52 Å². The lowest BCUT2D eigenvalue weighted by atomic mass is 10.0. The highest BCUT2D eigenvalue weighted by Crippen LogP contribution is 2.19. The lowest BCUT2D eigenvalue weighted by molar-refractivity contribution is 0.118. The molecule has 1 aromatic heterocycles. The molecule has 0 spiro atoms. The second kappa shape index (κ2) is 10.1. The molecule has 27 heavy (non-hydrogen) atoms. The van der Waals surface area contributed by atoms with Gasteiger partial charge in [-0.15, -0.1) is 0 Å². The molecule has 2 fully saturated rings. The van der Waals surface area contributed by atoms with E-state index in [9.17, 15) is 0 Å². The van der Waals surface area contributed by atoms with Crippen molar-refractivity contribution in [2.45, 2.75) is 58.7 Å². The standard InChI is InChI=1S/C20H36N6O/c1-4-21-20(22-15-18(3)26-9-6-5-7-17(26)2)25-12-10-24(11-13-25)16-19-8-14-27-23-19/h8,14,17-18H,4-7,9-13,15-16H2,1-3H3,(H,21,22). The molecule has 0 amide bonds. The number of hydrogen-bond acceptors (Lipinski definition) is 5. The van der Waals surface area contributed by atoms with Crippen LogP contribution in [0.3, 0.4) is 0 Å². The summed E-state index contributed by atoms with van der Waals surface area (Å²) < 4.78 is 4.94. The van der Waals surface area contributed by atoms with Gasteiger partial charge in [0.25, 0.3) is 0 Å². The van der Waals surface area contributed by atoms with Crippen LogP contribution in [0.2, 0.25) is 0 Å². The smallest absolute Gasteiger partial charge is 0.194 e. The Kier molecular flexibility index (Phi) is 7.52. The molecular formula is C20H36N6O. The third-order valence-corrected chi connectivity index (χ3v) is 5.81. The van der Waals surface area contributed by atoms with Crippen molar-refractivity contribution in [1.29, 1.82) is 0 Å². The van der Waals surface area contributed by atoms with E-state index in [1.54, 1.807) is 6.26 Å². The zero-order valence-corrected chi connectivity index (χ0v) is 17.2. The van der Waals surface area contributed by atoms with Crippen molar-refractivity contribution in [2.24, 2.45) is 4.99 Å². The number of likely N-dealkylation sites (tertiary alicyclic amines) is 1. The third kappa shape index (κ3) is 5.69. The molecule has 2 aliphatic heterocycles. The van der Waals surface area contributed by atoms with Crippen molar-refractivity contribution in [3.63, 3.8) is 0 Å². The van der Waals surface area contributed by atoms with Gasteiger partial charge in [0.1, 0.15) is 6.26 Å². The molecule has 1 N–H and O–H groups in total. The number of nitrogens with one attached hydrogen (secondary N) is 1. The topological polar surface area (TPSA) is 60.1 Å². The minimum Gasteiger partial charge on any atom is -0.364 e. The highest BCUT2D eigenvalue weighted by atomic mass is 16.5. The molecule has 0 bridgehead atoms. The summed E-state index contributed by atoms with van der Waals surface area (Å²) in [5, 5.41) is 7.52. The fourth-order valence-corrected chi connectivity index (χ4v) is 4.19. The molecule has 3 rings (SSSR count). The molecule has 2 unspecified atom stereocenters. The maximum absolute atomic E-state index is 4.99. The van der Waals surface area contributed by atoms with Gasteiger partial charge in [0, 0.05) is 57.4 Å². The Morgan fingerprint density at radius 1 is 1.30 bits per heavy atom. The first-order valence-electron chi connectivity index (χ1n) is 10.6. The number of rotatable bonds is 6. The summed E-state index contributed by atoms with van der Waals surface area (Å²) in [6, 6.07) is 3.13. The van der Waals surface area contributed by atoms with E-state index in [2.05, 4.69) is 45.9 Å². The van der Waals surface area contributed by atoms with Crippen LogP contribution in [0.5, 0.6) is 0 Å². The molecule has 0 radical (unpaired) electrons. The maximum Gasteiger partial charge on any atom is 0.194 e. The quantitative estimate of drug-likeness (QED) is 0.605. The summed E-state index contributed by atoms with van der Waals surface area (Å²) in [5.41, 5.74) is 1.01. The van der Waals surface area contributed by atoms with Crippen LogP contribution in [0, 0.1) is 0 Å². The van der Waals surface area contributed by atoms with Crippen LogP contribution in [0.1, 0.15) is 45.7 Å². The molecule has 1 aromatic rings. The Bertz CT molecular complexity index is 567. The summed E-state index contributed by atoms with van der Waals surface area (Å²) in [4.78, 5) is 12.4. The predicted octanol–water partition coefficient (Wildman–Crippen LogP) is 2.02. The SMILES string of the molecule is CCNC(=NCC(C)N1CCCCC1C)N1CCN(Cc2ccon2)CC1. The fraction of sp³-hybridized carbons (Fsp3) is 0.800. The summed E-state index contributed by atoms with van der Waals surface area (Å²) >= 11 is 0. The molecule has 152 valence electrons. The van der Waals surface area contributed by atoms with Crippen LogP contribution in [-0.2, 0) is 6.54 Å². The normalized spacial score (nSPS) is 24.2. The molecule has 0 aromatic carbocycles. The summed E-state index contributed by atoms with van der Waals surface area (Å²) in [7, 11) is 0. The summed E-state index contributed by atoms with van der Waals surface area (Å²) in [6.45, 7) is 14.7. The van der Waals surface area contributed by atoms with Gasteiger partial charge in [-0.25, -0.2) is 0 Å². The average molecular weight is 377 g/mol. The molecule has 7 nitrogen and oxygen atoms in total. The van der Waals surface area contributed by atoms with Crippen LogP contribution >= 0.6 is 0 Å². The predicted molar refractivity (Wildman–Crippen MR) is 109 cm³/mol. The van der Waals surface area contributed by atoms with E-state index in [0.29, 0.717) is 12.1 Å². The Balaban J connectivity index is 1.51. The van der Waals surface area contributed by atoms with Crippen molar-refractivity contribution in [3.8, 4) is 0 Å². The number of piperazine rings is 1. The Hall–Kier alpha value is -1.60. The van der Waals surface area contributed by atoms with E-state index in [-0.39, 0.29) is 0 Å². The van der Waals surface area contributed by atoms with Gasteiger partial charge < -0.3 is 14.7 Å². The molecule has 2 saturated heterocycles. The van der Waals surface area contributed by atoms with Crippen molar-refractivity contribution in [3.05, 3.63) is 18.0 Å². The van der Waals surface area contributed by atoms with Crippen LogP contribution < -0.4 is 5.32 Å². The molecule has 7 heteroatoms. The molecular weight excluding hydrogens is 340 g/mol. The summed E-state index contributed by atoms with van der Waals surface area (Å²) in [5.74, 6) is 1.06. The monoisotopic (exact) mass is 376 g/mol. The highest BCUT2D eigenvalue weighted by Gasteiger charge is 2.24. The van der Waals surface area contributed by atoms with Gasteiger partial charge in [-0.3, -0.25) is 14.8 Å². The van der Waals surface area contributed by atoms with Crippen molar-refractivity contribution in [1.82, 2.24) is 25.2 Å². The number of nitrogens with zero attached hydrogens (tertiary/aromatic N) is 5. The molecule has 0 aliphatic carbocycles. The van der Waals surface area contributed by atoms with Crippen LogP contribution in [0.25, 0.3) is 0 Å². The number of hydrogen-bond donors (Lipinski definition) is 1. The van der Waals surface area contributed by atoms with Gasteiger partial charge in [0.15, 0.2) is 5.96 Å². The minimum atomic E-state index is 0.502. The average Bonchev–Trinajstić information content (AvgIpc) is 3.19. The van der Waals surface area contributed by atoms with Gasteiger partial charge in [-0.2, -0.15) is 0 Å². The van der Waals surface area contributed by atoms with Gasteiger partial charge in [0.2, 0.25) is 0 Å². The first-order chi connectivity index (χ1) is 13.2. The van der Waals surface area contributed by atoms with E-state index in [0.717, 1.165) is 57.5 Å². The Morgan fingerprint density at radius 2 is 2.11 bits per heavy atom. The number of aromatic nitrogens is 1. The lowest BCUT2D eigenvalue weighted by Crippen LogP contribution is -2.52. The first-order valence-corrected chi connectivity index (χ1v) is 10.6. The van der Waals surface area contributed by atoms with Crippen molar-refractivity contribution >= 4 is 5.96 Å². The first kappa shape index (κ1) is 20.1. The number of piperidine rings is 1. The second-order valence-electron chi connectivity index (χ2n) is 7.88.